The number of nitrogens with one attached hydrogen (secondary N) is 1. The zero-order valence-electron chi connectivity index (χ0n) is 10.1. The molecule has 20 heavy (non-hydrogen) atoms. The minimum Gasteiger partial charge on any atom is -0.478 e. The number of amides is 1. The van der Waals surface area contributed by atoms with Crippen LogP contribution in [0.15, 0.2) is 42.5 Å². The van der Waals surface area contributed by atoms with Crippen LogP contribution in [0, 0.1) is 5.82 Å². The fourth-order valence-electron chi connectivity index (χ4n) is 1.59. The van der Waals surface area contributed by atoms with Gasteiger partial charge in [-0.3, -0.25) is 4.79 Å². The van der Waals surface area contributed by atoms with E-state index >= 15 is 0 Å². The molecule has 6 heteroatoms. The first kappa shape index (κ1) is 14.0. The molecule has 102 valence electrons. The smallest absolute Gasteiger partial charge is 0.335 e. The average Bonchev–Trinajstić information content (AvgIpc) is 2.37. The first-order valence-electron chi connectivity index (χ1n) is 5.56. The highest BCUT2D eigenvalue weighted by Gasteiger charge is 2.09. The number of rotatable bonds is 3. The number of carboxylic acids is 1. The number of anilines is 1. The molecule has 0 atom stereocenters. The summed E-state index contributed by atoms with van der Waals surface area (Å²) in [7, 11) is 0. The van der Waals surface area contributed by atoms with Crippen molar-refractivity contribution in [1.29, 1.82) is 0 Å². The highest BCUT2D eigenvalue weighted by molar-refractivity contribution is 6.31. The monoisotopic (exact) mass is 293 g/mol. The van der Waals surface area contributed by atoms with Crippen LogP contribution in [0.25, 0.3) is 0 Å². The van der Waals surface area contributed by atoms with Crippen molar-refractivity contribution in [3.05, 3.63) is 64.4 Å². The minimum absolute atomic E-state index is 0.0790. The van der Waals surface area contributed by atoms with Crippen molar-refractivity contribution < 1.29 is 19.1 Å². The molecule has 0 aliphatic rings. The first-order chi connectivity index (χ1) is 9.45. The van der Waals surface area contributed by atoms with Crippen molar-refractivity contribution >= 4 is 29.2 Å². The second-order valence-electron chi connectivity index (χ2n) is 3.99. The summed E-state index contributed by atoms with van der Waals surface area (Å²) in [5.74, 6) is -2.12. The van der Waals surface area contributed by atoms with Crippen LogP contribution in [0.1, 0.15) is 20.7 Å². The zero-order valence-corrected chi connectivity index (χ0v) is 10.8. The van der Waals surface area contributed by atoms with Crippen molar-refractivity contribution in [3.8, 4) is 0 Å². The molecule has 0 aromatic heterocycles. The van der Waals surface area contributed by atoms with E-state index < -0.39 is 17.7 Å². The lowest BCUT2D eigenvalue weighted by atomic mass is 10.1. The van der Waals surface area contributed by atoms with Crippen LogP contribution in [0.2, 0.25) is 5.02 Å². The third kappa shape index (κ3) is 3.33. The number of carbonyl (C=O) groups excluding carboxylic acids is 1. The van der Waals surface area contributed by atoms with E-state index in [0.29, 0.717) is 0 Å². The lowest BCUT2D eigenvalue weighted by molar-refractivity contribution is 0.0696. The Morgan fingerprint density at radius 2 is 1.65 bits per heavy atom. The van der Waals surface area contributed by atoms with Gasteiger partial charge in [-0.2, -0.15) is 0 Å². The predicted molar refractivity (Wildman–Crippen MR) is 72.8 cm³/mol. The molecule has 2 N–H and O–H groups in total. The molecule has 0 heterocycles. The van der Waals surface area contributed by atoms with Crippen LogP contribution in [-0.2, 0) is 0 Å². The zero-order chi connectivity index (χ0) is 14.7. The van der Waals surface area contributed by atoms with Gasteiger partial charge in [0.25, 0.3) is 5.91 Å². The summed E-state index contributed by atoms with van der Waals surface area (Å²) in [5.41, 5.74) is 0.563. The van der Waals surface area contributed by atoms with E-state index in [2.05, 4.69) is 5.32 Å². The van der Waals surface area contributed by atoms with Crippen molar-refractivity contribution in [2.24, 2.45) is 0 Å². The van der Waals surface area contributed by atoms with Crippen molar-refractivity contribution in [2.45, 2.75) is 0 Å². The van der Waals surface area contributed by atoms with Gasteiger partial charge < -0.3 is 10.4 Å². The molecular formula is C14H9ClFNO3. The van der Waals surface area contributed by atoms with E-state index in [1.165, 1.54) is 30.3 Å². The van der Waals surface area contributed by atoms with Gasteiger partial charge >= 0.3 is 5.97 Å². The molecule has 2 aromatic carbocycles. The van der Waals surface area contributed by atoms with E-state index in [0.717, 1.165) is 12.1 Å². The molecule has 2 aromatic rings. The fraction of sp³-hybridized carbons (Fsp3) is 0. The molecule has 0 aliphatic heterocycles. The number of halogens is 2. The van der Waals surface area contributed by atoms with E-state index in [-0.39, 0.29) is 21.8 Å². The maximum absolute atomic E-state index is 13.1. The molecule has 2 rings (SSSR count). The van der Waals surface area contributed by atoms with Crippen LogP contribution in [0.3, 0.4) is 0 Å². The summed E-state index contributed by atoms with van der Waals surface area (Å²) in [5, 5.41) is 11.4. The van der Waals surface area contributed by atoms with Crippen LogP contribution in [0.5, 0.6) is 0 Å². The number of benzene rings is 2. The Balaban J connectivity index is 2.17. The van der Waals surface area contributed by atoms with Crippen molar-refractivity contribution in [2.75, 3.05) is 5.32 Å². The van der Waals surface area contributed by atoms with Gasteiger partial charge in [-0.25, -0.2) is 9.18 Å². The molecule has 0 saturated heterocycles. The van der Waals surface area contributed by atoms with Gasteiger partial charge in [-0.1, -0.05) is 11.6 Å². The summed E-state index contributed by atoms with van der Waals surface area (Å²) in [6.07, 6.45) is 0. The molecule has 0 aliphatic carbocycles. The summed E-state index contributed by atoms with van der Waals surface area (Å²) >= 11 is 5.68. The molecule has 0 fully saturated rings. The van der Waals surface area contributed by atoms with Gasteiger partial charge in [0.05, 0.1) is 5.56 Å². The van der Waals surface area contributed by atoms with Gasteiger partial charge in [0.1, 0.15) is 5.82 Å². The van der Waals surface area contributed by atoms with Gasteiger partial charge in [-0.15, -0.1) is 0 Å². The van der Waals surface area contributed by atoms with E-state index in [9.17, 15) is 14.0 Å². The molecule has 0 unspecified atom stereocenters. The van der Waals surface area contributed by atoms with Crippen molar-refractivity contribution in [3.63, 3.8) is 0 Å². The topological polar surface area (TPSA) is 66.4 Å². The highest BCUT2D eigenvalue weighted by atomic mass is 35.5. The van der Waals surface area contributed by atoms with Crippen LogP contribution in [0.4, 0.5) is 10.1 Å². The fourth-order valence-corrected chi connectivity index (χ4v) is 1.82. The number of hydrogen-bond donors (Lipinski definition) is 2. The second-order valence-corrected chi connectivity index (χ2v) is 4.43. The number of carbonyl (C=O) groups is 2. The molecule has 0 bridgehead atoms. The predicted octanol–water partition coefficient (Wildman–Crippen LogP) is 3.43. The number of aromatic carboxylic acids is 1. The van der Waals surface area contributed by atoms with E-state index in [4.69, 9.17) is 16.7 Å². The van der Waals surface area contributed by atoms with Crippen LogP contribution in [-0.4, -0.2) is 17.0 Å². The molecule has 0 spiro atoms. The molecular weight excluding hydrogens is 285 g/mol. The Bertz CT molecular complexity index is 650. The largest absolute Gasteiger partial charge is 0.478 e. The first-order valence-corrected chi connectivity index (χ1v) is 5.94. The lowest BCUT2D eigenvalue weighted by Gasteiger charge is -2.06. The Kier molecular flexibility index (Phi) is 4.00. The summed E-state index contributed by atoms with van der Waals surface area (Å²) in [6.45, 7) is 0. The Morgan fingerprint density at radius 1 is 1.05 bits per heavy atom. The molecule has 0 radical (unpaired) electrons. The van der Waals surface area contributed by atoms with Crippen molar-refractivity contribution in [1.82, 2.24) is 0 Å². The molecule has 0 saturated carbocycles. The Hall–Kier alpha value is -2.40. The maximum atomic E-state index is 13.1. The minimum atomic E-state index is -1.08. The second kappa shape index (κ2) is 5.71. The molecule has 4 nitrogen and oxygen atoms in total. The molecule has 1 amide bonds. The quantitative estimate of drug-likeness (QED) is 0.911. The van der Waals surface area contributed by atoms with Gasteiger partial charge in [0.2, 0.25) is 0 Å². The average molecular weight is 294 g/mol. The summed E-state index contributed by atoms with van der Waals surface area (Å²) in [4.78, 5) is 22.6. The number of hydrogen-bond acceptors (Lipinski definition) is 2. The highest BCUT2D eigenvalue weighted by Crippen LogP contribution is 2.18. The van der Waals surface area contributed by atoms with E-state index in [1.807, 2.05) is 0 Å². The van der Waals surface area contributed by atoms with Crippen LogP contribution >= 0.6 is 11.6 Å². The van der Waals surface area contributed by atoms with Gasteiger partial charge in [0, 0.05) is 16.3 Å². The standard InChI is InChI=1S/C14H9ClFNO3/c15-10-5-11(16)7-12(6-10)17-13(18)8-1-3-9(4-2-8)14(19)20/h1-7H,(H,17,18)(H,19,20). The Morgan fingerprint density at radius 3 is 2.20 bits per heavy atom. The van der Waals surface area contributed by atoms with Crippen LogP contribution < -0.4 is 5.32 Å². The van der Waals surface area contributed by atoms with E-state index in [1.54, 1.807) is 0 Å². The lowest BCUT2D eigenvalue weighted by Crippen LogP contribution is -2.12. The maximum Gasteiger partial charge on any atom is 0.335 e. The van der Waals surface area contributed by atoms with Gasteiger partial charge in [-0.05, 0) is 42.5 Å². The third-order valence-corrected chi connectivity index (χ3v) is 2.73. The third-order valence-electron chi connectivity index (χ3n) is 2.51. The number of carboxylic acid groups (broad SMARTS) is 1. The SMILES string of the molecule is O=C(O)c1ccc(C(=O)Nc2cc(F)cc(Cl)c2)cc1. The summed E-state index contributed by atoms with van der Waals surface area (Å²) < 4.78 is 13.1. The normalized spacial score (nSPS) is 10.1. The summed E-state index contributed by atoms with van der Waals surface area (Å²) in [6, 6.07) is 9.05. The van der Waals surface area contributed by atoms with Gasteiger partial charge in [0.15, 0.2) is 0 Å². The Labute approximate surface area is 118 Å².